The Balaban J connectivity index is 1.29. The number of carbonyl (C=O) groups is 1. The summed E-state index contributed by atoms with van der Waals surface area (Å²) >= 11 is 6.35. The minimum Gasteiger partial charge on any atom is -0.481 e. The molecule has 1 saturated heterocycles. The first kappa shape index (κ1) is 28.0. The third kappa shape index (κ3) is 5.67. The number of rotatable bonds is 7. The molecule has 2 aliphatic rings. The van der Waals surface area contributed by atoms with Crippen molar-refractivity contribution < 1.29 is 14.8 Å². The monoisotopic (exact) mass is 559 g/mol. The molecule has 2 heterocycles. The number of fused-ring (bicyclic) bond motifs is 2. The van der Waals surface area contributed by atoms with Crippen LogP contribution < -0.4 is 0 Å². The zero-order valence-corrected chi connectivity index (χ0v) is 23.7. The number of aryl methyl sites for hydroxylation is 3. The molecular formula is C32H34ClN3O4. The first-order chi connectivity index (χ1) is 19.1. The third-order valence-corrected chi connectivity index (χ3v) is 8.64. The Hall–Kier alpha value is -3.55. The largest absolute Gasteiger partial charge is 0.481 e. The Labute approximate surface area is 239 Å². The molecule has 0 atom stereocenters. The number of carboxylic acid groups (broad SMARTS) is 1. The summed E-state index contributed by atoms with van der Waals surface area (Å²) in [6.07, 6.45) is 7.03. The number of benzene rings is 2. The molecule has 0 radical (unpaired) electrons. The summed E-state index contributed by atoms with van der Waals surface area (Å²) in [5, 5.41) is 22.0. The van der Waals surface area contributed by atoms with E-state index in [1.807, 2.05) is 18.3 Å². The number of hydrogen-bond acceptors (Lipinski definition) is 5. The van der Waals surface area contributed by atoms with Gasteiger partial charge in [-0.1, -0.05) is 41.4 Å². The van der Waals surface area contributed by atoms with Crippen LogP contribution in [0, 0.1) is 10.1 Å². The average Bonchev–Trinajstić information content (AvgIpc) is 3.10. The fourth-order valence-electron chi connectivity index (χ4n) is 5.88. The molecule has 1 aromatic heterocycles. The molecule has 0 spiro atoms. The van der Waals surface area contributed by atoms with Gasteiger partial charge in [0.25, 0.3) is 5.69 Å². The van der Waals surface area contributed by atoms with Crippen molar-refractivity contribution in [1.29, 1.82) is 0 Å². The van der Waals surface area contributed by atoms with Crippen molar-refractivity contribution >= 4 is 28.8 Å². The third-order valence-electron chi connectivity index (χ3n) is 8.40. The highest BCUT2D eigenvalue weighted by Crippen LogP contribution is 2.38. The molecule has 1 N–H and O–H groups in total. The second-order valence-corrected chi connectivity index (χ2v) is 11.7. The van der Waals surface area contributed by atoms with Crippen molar-refractivity contribution in [3.63, 3.8) is 0 Å². The molecule has 208 valence electrons. The van der Waals surface area contributed by atoms with Crippen molar-refractivity contribution in [2.75, 3.05) is 19.6 Å². The summed E-state index contributed by atoms with van der Waals surface area (Å²) < 4.78 is 0. The Morgan fingerprint density at radius 3 is 2.55 bits per heavy atom. The molecule has 0 amide bonds. The SMILES string of the molecule is CC(C)(C(=O)O)c1ccc(CCCN2CCC(=C3c4ccc(Cl)cc4CCc4cccnc43)CC2)c([N+](=O)[O-])c1. The maximum Gasteiger partial charge on any atom is 0.313 e. The molecule has 1 fully saturated rings. The second kappa shape index (κ2) is 11.5. The van der Waals surface area contributed by atoms with Crippen LogP contribution in [0.5, 0.6) is 0 Å². The van der Waals surface area contributed by atoms with E-state index in [0.29, 0.717) is 17.5 Å². The number of nitro benzene ring substituents is 1. The molecule has 1 aliphatic carbocycles. The quantitative estimate of drug-likeness (QED) is 0.258. The van der Waals surface area contributed by atoms with Gasteiger partial charge in [0.1, 0.15) is 0 Å². The molecule has 0 saturated carbocycles. The number of pyridine rings is 1. The molecule has 8 heteroatoms. The van der Waals surface area contributed by atoms with Gasteiger partial charge in [0.05, 0.1) is 16.0 Å². The van der Waals surface area contributed by atoms with Gasteiger partial charge in [0.2, 0.25) is 0 Å². The van der Waals surface area contributed by atoms with Gasteiger partial charge in [-0.05, 0) is 99.4 Å². The van der Waals surface area contributed by atoms with Crippen LogP contribution in [0.4, 0.5) is 5.69 Å². The predicted octanol–water partition coefficient (Wildman–Crippen LogP) is 6.63. The van der Waals surface area contributed by atoms with Crippen molar-refractivity contribution in [3.05, 3.63) is 109 Å². The highest BCUT2D eigenvalue weighted by atomic mass is 35.5. The van der Waals surface area contributed by atoms with Crippen LogP contribution in [0.25, 0.3) is 5.57 Å². The standard InChI is InChI=1S/C32H34ClN3O4/c1-32(2,31(37)38)25-10-9-21(28(20-25)36(39)40)6-4-16-35-17-13-22(14-18-35)29-27-12-11-26(33)19-24(27)8-7-23-5-3-15-34-30(23)29/h3,5,9-12,15,19-20H,4,6-8,13-14,16-18H2,1-2H3,(H,37,38). The van der Waals surface area contributed by atoms with E-state index >= 15 is 0 Å². The van der Waals surface area contributed by atoms with Gasteiger partial charge < -0.3 is 10.0 Å². The van der Waals surface area contributed by atoms with Crippen molar-refractivity contribution in [3.8, 4) is 0 Å². The molecule has 40 heavy (non-hydrogen) atoms. The number of piperidine rings is 1. The Morgan fingerprint density at radius 1 is 1.07 bits per heavy atom. The zero-order chi connectivity index (χ0) is 28.4. The number of aromatic nitrogens is 1. The van der Waals surface area contributed by atoms with Gasteiger partial charge in [-0.15, -0.1) is 0 Å². The lowest BCUT2D eigenvalue weighted by Gasteiger charge is -2.30. The van der Waals surface area contributed by atoms with Gasteiger partial charge in [-0.2, -0.15) is 0 Å². The highest BCUT2D eigenvalue weighted by molar-refractivity contribution is 6.30. The molecule has 7 nitrogen and oxygen atoms in total. The first-order valence-corrected chi connectivity index (χ1v) is 14.2. The summed E-state index contributed by atoms with van der Waals surface area (Å²) in [6, 6.07) is 15.2. The number of nitro groups is 1. The van der Waals surface area contributed by atoms with Crippen LogP contribution in [0.3, 0.4) is 0 Å². The van der Waals surface area contributed by atoms with E-state index in [1.165, 1.54) is 33.9 Å². The Morgan fingerprint density at radius 2 is 1.82 bits per heavy atom. The highest BCUT2D eigenvalue weighted by Gasteiger charge is 2.32. The van der Waals surface area contributed by atoms with Crippen LogP contribution in [0.2, 0.25) is 5.02 Å². The fraction of sp³-hybridized carbons (Fsp3) is 0.375. The van der Waals surface area contributed by atoms with E-state index in [1.54, 1.807) is 26.0 Å². The number of halogens is 1. The smallest absolute Gasteiger partial charge is 0.313 e. The summed E-state index contributed by atoms with van der Waals surface area (Å²) in [4.78, 5) is 30.2. The van der Waals surface area contributed by atoms with Gasteiger partial charge >= 0.3 is 5.97 Å². The normalized spacial score (nSPS) is 15.8. The Bertz CT molecular complexity index is 1490. The van der Waals surface area contributed by atoms with Gasteiger partial charge in [0.15, 0.2) is 0 Å². The van der Waals surface area contributed by atoms with E-state index in [0.717, 1.165) is 62.5 Å². The van der Waals surface area contributed by atoms with Crippen LogP contribution in [-0.4, -0.2) is 45.5 Å². The van der Waals surface area contributed by atoms with Crippen LogP contribution >= 0.6 is 11.6 Å². The van der Waals surface area contributed by atoms with E-state index in [4.69, 9.17) is 16.6 Å². The fourth-order valence-corrected chi connectivity index (χ4v) is 6.08. The number of aliphatic carboxylic acids is 1. The van der Waals surface area contributed by atoms with Gasteiger partial charge in [0, 0.05) is 41.5 Å². The van der Waals surface area contributed by atoms with E-state index in [-0.39, 0.29) is 5.69 Å². The molecule has 0 unspecified atom stereocenters. The topological polar surface area (TPSA) is 96.6 Å². The average molecular weight is 560 g/mol. The zero-order valence-electron chi connectivity index (χ0n) is 23.0. The van der Waals surface area contributed by atoms with Crippen molar-refractivity contribution in [2.24, 2.45) is 0 Å². The molecule has 1 aliphatic heterocycles. The summed E-state index contributed by atoms with van der Waals surface area (Å²) in [5.41, 5.74) is 7.46. The van der Waals surface area contributed by atoms with Gasteiger partial charge in [-0.3, -0.25) is 19.9 Å². The maximum atomic E-state index is 11.8. The number of hydrogen-bond donors (Lipinski definition) is 1. The van der Waals surface area contributed by atoms with Crippen LogP contribution in [0.15, 0.2) is 60.3 Å². The maximum absolute atomic E-state index is 11.8. The predicted molar refractivity (Wildman–Crippen MR) is 157 cm³/mol. The lowest BCUT2D eigenvalue weighted by Crippen LogP contribution is -2.32. The molecular weight excluding hydrogens is 526 g/mol. The number of nitrogens with zero attached hydrogens (tertiary/aromatic N) is 3. The summed E-state index contributed by atoms with van der Waals surface area (Å²) in [6.45, 7) is 5.83. The summed E-state index contributed by atoms with van der Waals surface area (Å²) in [7, 11) is 0. The van der Waals surface area contributed by atoms with E-state index < -0.39 is 16.3 Å². The number of likely N-dealkylation sites (tertiary alicyclic amines) is 1. The summed E-state index contributed by atoms with van der Waals surface area (Å²) in [5.74, 6) is -1.01. The number of carboxylic acids is 1. The molecule has 2 aromatic carbocycles. The minimum absolute atomic E-state index is 0.00390. The lowest BCUT2D eigenvalue weighted by molar-refractivity contribution is -0.385. The second-order valence-electron chi connectivity index (χ2n) is 11.3. The van der Waals surface area contributed by atoms with E-state index in [2.05, 4.69) is 23.1 Å². The van der Waals surface area contributed by atoms with Crippen LogP contribution in [-0.2, 0) is 29.5 Å². The van der Waals surface area contributed by atoms with Crippen molar-refractivity contribution in [2.45, 2.75) is 57.8 Å². The minimum atomic E-state index is -1.19. The molecule has 0 bridgehead atoms. The Kier molecular flexibility index (Phi) is 8.06. The first-order valence-electron chi connectivity index (χ1n) is 13.8. The molecule has 3 aromatic rings. The van der Waals surface area contributed by atoms with Crippen LogP contribution in [0.1, 0.15) is 66.6 Å². The molecule has 5 rings (SSSR count). The van der Waals surface area contributed by atoms with Crippen molar-refractivity contribution in [1.82, 2.24) is 9.88 Å². The van der Waals surface area contributed by atoms with Gasteiger partial charge in [-0.25, -0.2) is 0 Å². The lowest BCUT2D eigenvalue weighted by atomic mass is 9.84. The van der Waals surface area contributed by atoms with E-state index in [9.17, 15) is 20.0 Å².